The summed E-state index contributed by atoms with van der Waals surface area (Å²) in [7, 11) is -6.30. The molecule has 1 aliphatic rings. The van der Waals surface area contributed by atoms with Gasteiger partial charge in [0.05, 0.1) is 16.9 Å². The minimum absolute atomic E-state index is 0.131. The number of nitrogens with one attached hydrogen (secondary N) is 1. The van der Waals surface area contributed by atoms with E-state index < -0.39 is 37.7 Å². The van der Waals surface area contributed by atoms with Crippen molar-refractivity contribution in [1.82, 2.24) is 9.03 Å². The Morgan fingerprint density at radius 1 is 0.660 bits per heavy atom. The lowest BCUT2D eigenvalue weighted by Gasteiger charge is -2.40. The van der Waals surface area contributed by atoms with Gasteiger partial charge in [0, 0.05) is 25.2 Å². The van der Waals surface area contributed by atoms with Crippen molar-refractivity contribution in [2.75, 3.05) is 20.3 Å². The van der Waals surface area contributed by atoms with Gasteiger partial charge in [0.15, 0.2) is 0 Å². The zero-order chi connectivity index (χ0) is 37.5. The summed E-state index contributed by atoms with van der Waals surface area (Å²) in [4.78, 5) is 0.335. The van der Waals surface area contributed by atoms with E-state index in [1.54, 1.807) is 55.6 Å². The summed E-state index contributed by atoms with van der Waals surface area (Å²) in [6, 6.07) is 40.2. The molecule has 278 valence electrons. The van der Waals surface area contributed by atoms with Crippen LogP contribution in [0.4, 0.5) is 0 Å². The molecule has 0 unspecified atom stereocenters. The van der Waals surface area contributed by atoms with Crippen LogP contribution < -0.4 is 9.46 Å². The number of aryl methyl sites for hydroxylation is 2. The highest BCUT2D eigenvalue weighted by atomic mass is 32.2. The monoisotopic (exact) mass is 752 g/mol. The van der Waals surface area contributed by atoms with Crippen LogP contribution in [-0.2, 0) is 30.4 Å². The van der Waals surface area contributed by atoms with Crippen LogP contribution >= 0.6 is 0 Å². The number of hydrogen-bond donors (Lipinski definition) is 1. The molecule has 0 bridgehead atoms. The van der Waals surface area contributed by atoms with E-state index in [1.165, 1.54) is 4.31 Å². The van der Waals surface area contributed by atoms with Crippen molar-refractivity contribution < 1.29 is 26.3 Å². The minimum atomic E-state index is -4.03. The van der Waals surface area contributed by atoms with Crippen LogP contribution in [-0.4, -0.2) is 53.5 Å². The lowest BCUT2D eigenvalue weighted by atomic mass is 9.80. The molecule has 0 amide bonds. The van der Waals surface area contributed by atoms with Gasteiger partial charge >= 0.3 is 0 Å². The van der Waals surface area contributed by atoms with Crippen LogP contribution in [0, 0.1) is 13.8 Å². The molecule has 10 heteroatoms. The van der Waals surface area contributed by atoms with Crippen molar-refractivity contribution in [3.63, 3.8) is 0 Å². The van der Waals surface area contributed by atoms with Crippen LogP contribution in [0.15, 0.2) is 143 Å². The molecular weight excluding hydrogens is 705 g/mol. The Balaban J connectivity index is 1.34. The third-order valence-electron chi connectivity index (χ3n) is 10.1. The number of rotatable bonds is 15. The second-order valence-corrected chi connectivity index (χ2v) is 17.3. The highest BCUT2D eigenvalue weighted by molar-refractivity contribution is 7.89. The van der Waals surface area contributed by atoms with E-state index in [-0.39, 0.29) is 22.9 Å². The van der Waals surface area contributed by atoms with Gasteiger partial charge in [-0.25, -0.2) is 21.6 Å². The molecule has 1 saturated carbocycles. The first-order chi connectivity index (χ1) is 25.5. The highest BCUT2D eigenvalue weighted by Crippen LogP contribution is 2.41. The molecule has 0 aliphatic heterocycles. The smallest absolute Gasteiger partial charge is 0.243 e. The summed E-state index contributed by atoms with van der Waals surface area (Å²) in [6.45, 7) is 4.16. The standard InChI is InChI=1S/C43H48N2O6S2/c1-33-19-27-39(28-20-33)52(46,47)44-41-17-10-11-18-42(41)45(53(48,49)40-29-21-34(2)22-30-40)31-12-32-51-43(35-13-6-4-7-14-35,36-15-8-5-9-16-36)37-23-25-38(50-3)26-24-37/h4-9,13-16,19-30,41-42,44H,10-12,17-18,31-32H2,1-3H3/t41-,42-/m1/s1. The maximum Gasteiger partial charge on any atom is 0.243 e. The number of nitrogens with zero attached hydrogens (tertiary/aromatic N) is 1. The van der Waals surface area contributed by atoms with E-state index in [9.17, 15) is 16.8 Å². The third kappa shape index (κ3) is 8.58. The van der Waals surface area contributed by atoms with Crippen molar-refractivity contribution >= 4 is 20.0 Å². The molecule has 8 nitrogen and oxygen atoms in total. The van der Waals surface area contributed by atoms with Gasteiger partial charge in [-0.1, -0.05) is 121 Å². The van der Waals surface area contributed by atoms with Gasteiger partial charge in [0.25, 0.3) is 0 Å². The molecule has 0 radical (unpaired) electrons. The Kier molecular flexibility index (Phi) is 12.2. The second-order valence-electron chi connectivity index (χ2n) is 13.7. The fraction of sp³-hybridized carbons (Fsp3) is 0.302. The van der Waals surface area contributed by atoms with Gasteiger partial charge < -0.3 is 9.47 Å². The number of ether oxygens (including phenoxy) is 2. The summed E-state index contributed by atoms with van der Waals surface area (Å²) in [5, 5.41) is 0. The van der Waals surface area contributed by atoms with Crippen LogP contribution in [0.25, 0.3) is 0 Å². The normalized spacial score (nSPS) is 16.8. The topological polar surface area (TPSA) is 102 Å². The molecule has 0 heterocycles. The lowest BCUT2D eigenvalue weighted by molar-refractivity contribution is 0.00877. The fourth-order valence-electron chi connectivity index (χ4n) is 7.26. The summed E-state index contributed by atoms with van der Waals surface area (Å²) >= 11 is 0. The average Bonchev–Trinajstić information content (AvgIpc) is 3.18. The van der Waals surface area contributed by atoms with Gasteiger partial charge in [0.2, 0.25) is 20.0 Å². The van der Waals surface area contributed by atoms with Crippen LogP contribution in [0.1, 0.15) is 59.9 Å². The number of methoxy groups -OCH3 is 1. The van der Waals surface area contributed by atoms with Crippen molar-refractivity contribution in [2.24, 2.45) is 0 Å². The molecule has 5 aromatic rings. The van der Waals surface area contributed by atoms with E-state index in [4.69, 9.17) is 9.47 Å². The molecule has 0 spiro atoms. The molecule has 1 fully saturated rings. The second kappa shape index (κ2) is 16.8. The first-order valence-electron chi connectivity index (χ1n) is 18.1. The molecule has 0 saturated heterocycles. The Morgan fingerprint density at radius 2 is 1.17 bits per heavy atom. The lowest BCUT2D eigenvalue weighted by Crippen LogP contribution is -2.55. The van der Waals surface area contributed by atoms with Crippen LogP contribution in [0.2, 0.25) is 0 Å². The SMILES string of the molecule is COc1ccc(C(OCCCN([C@@H]2CCCC[C@H]2NS(=O)(=O)c2ccc(C)cc2)S(=O)(=O)c2ccc(C)cc2)(c2ccccc2)c2ccccc2)cc1. The number of sulfonamides is 2. The predicted molar refractivity (Wildman–Crippen MR) is 209 cm³/mol. The first-order valence-corrected chi connectivity index (χ1v) is 21.0. The molecule has 6 rings (SSSR count). The summed E-state index contributed by atoms with van der Waals surface area (Å²) in [5.41, 5.74) is 3.65. The molecule has 5 aromatic carbocycles. The summed E-state index contributed by atoms with van der Waals surface area (Å²) in [5.74, 6) is 0.723. The van der Waals surface area contributed by atoms with Gasteiger partial charge in [0.1, 0.15) is 11.4 Å². The molecule has 2 atom stereocenters. The minimum Gasteiger partial charge on any atom is -0.497 e. The molecule has 53 heavy (non-hydrogen) atoms. The van der Waals surface area contributed by atoms with Crippen molar-refractivity contribution in [1.29, 1.82) is 0 Å². The summed E-state index contributed by atoms with van der Waals surface area (Å²) < 4.78 is 73.4. The molecule has 1 N–H and O–H groups in total. The average molecular weight is 753 g/mol. The van der Waals surface area contributed by atoms with E-state index in [2.05, 4.69) is 4.72 Å². The van der Waals surface area contributed by atoms with E-state index in [1.807, 2.05) is 98.8 Å². The fourth-order valence-corrected chi connectivity index (χ4v) is 10.3. The Bertz CT molecular complexity index is 2100. The molecule has 0 aromatic heterocycles. The largest absolute Gasteiger partial charge is 0.497 e. The third-order valence-corrected chi connectivity index (χ3v) is 13.5. The van der Waals surface area contributed by atoms with Gasteiger partial charge in [-0.05, 0) is 86.2 Å². The molecule has 1 aliphatic carbocycles. The van der Waals surface area contributed by atoms with E-state index >= 15 is 0 Å². The Morgan fingerprint density at radius 3 is 1.72 bits per heavy atom. The first kappa shape index (κ1) is 38.4. The zero-order valence-electron chi connectivity index (χ0n) is 30.5. The number of hydrogen-bond acceptors (Lipinski definition) is 6. The van der Waals surface area contributed by atoms with Crippen molar-refractivity contribution in [3.8, 4) is 5.75 Å². The maximum atomic E-state index is 14.6. The quantitative estimate of drug-likeness (QED) is 0.0860. The Hall–Kier alpha value is -4.32. The highest BCUT2D eigenvalue weighted by Gasteiger charge is 2.41. The van der Waals surface area contributed by atoms with E-state index in [0.29, 0.717) is 19.3 Å². The van der Waals surface area contributed by atoms with Crippen molar-refractivity contribution in [3.05, 3.63) is 161 Å². The van der Waals surface area contributed by atoms with Crippen LogP contribution in [0.3, 0.4) is 0 Å². The maximum absolute atomic E-state index is 14.6. The number of benzene rings is 5. The van der Waals surface area contributed by atoms with Crippen molar-refractivity contribution in [2.45, 2.75) is 73.4 Å². The molecular formula is C43H48N2O6S2. The van der Waals surface area contributed by atoms with Crippen LogP contribution in [0.5, 0.6) is 5.75 Å². The Labute approximate surface area is 314 Å². The summed E-state index contributed by atoms with van der Waals surface area (Å²) in [6.07, 6.45) is 2.98. The van der Waals surface area contributed by atoms with Gasteiger partial charge in [-0.3, -0.25) is 0 Å². The van der Waals surface area contributed by atoms with Gasteiger partial charge in [-0.15, -0.1) is 0 Å². The predicted octanol–water partition coefficient (Wildman–Crippen LogP) is 7.99. The zero-order valence-corrected chi connectivity index (χ0v) is 32.2. The van der Waals surface area contributed by atoms with E-state index in [0.717, 1.165) is 46.4 Å². The van der Waals surface area contributed by atoms with Gasteiger partial charge in [-0.2, -0.15) is 4.31 Å².